The van der Waals surface area contributed by atoms with Crippen molar-refractivity contribution in [3.05, 3.63) is 54.3 Å². The molecular weight excluding hydrogens is 347 g/mol. The van der Waals surface area contributed by atoms with E-state index in [1.807, 2.05) is 0 Å². The molecule has 0 aliphatic carbocycles. The molecule has 0 spiro atoms. The molecule has 1 aliphatic heterocycles. The molecule has 2 aromatic rings. The van der Waals surface area contributed by atoms with Crippen molar-refractivity contribution in [2.75, 3.05) is 28.5 Å². The first-order chi connectivity index (χ1) is 12.0. The standard InChI is InChI=1S/C17H17FN2O4S/c18-15-4-1-2-5-16(15)24-12-17(21)19-13-6-8-14(9-7-13)20-10-3-11-25(20,22)23/h1-2,4-9H,3,10-12H2,(H,19,21). The van der Waals surface area contributed by atoms with Crippen LogP contribution in [-0.2, 0) is 14.8 Å². The Labute approximate surface area is 145 Å². The number of anilines is 2. The van der Waals surface area contributed by atoms with E-state index in [0.29, 0.717) is 24.3 Å². The average molecular weight is 364 g/mol. The zero-order chi connectivity index (χ0) is 17.9. The van der Waals surface area contributed by atoms with Gasteiger partial charge in [-0.05, 0) is 42.8 Å². The SMILES string of the molecule is O=C(COc1ccccc1F)Nc1ccc(N2CCCS2(=O)=O)cc1. The molecular formula is C17H17FN2O4S. The maximum atomic E-state index is 13.4. The summed E-state index contributed by atoms with van der Waals surface area (Å²) in [5.74, 6) is -0.817. The van der Waals surface area contributed by atoms with E-state index in [-0.39, 0.29) is 18.1 Å². The summed E-state index contributed by atoms with van der Waals surface area (Å²) >= 11 is 0. The summed E-state index contributed by atoms with van der Waals surface area (Å²) in [6.07, 6.45) is 0.605. The lowest BCUT2D eigenvalue weighted by atomic mass is 10.2. The number of carbonyl (C=O) groups is 1. The minimum Gasteiger partial charge on any atom is -0.481 e. The van der Waals surface area contributed by atoms with Crippen molar-refractivity contribution in [3.63, 3.8) is 0 Å². The van der Waals surface area contributed by atoms with Crippen LogP contribution in [0.2, 0.25) is 0 Å². The van der Waals surface area contributed by atoms with Gasteiger partial charge in [-0.25, -0.2) is 12.8 Å². The van der Waals surface area contributed by atoms with Gasteiger partial charge in [-0.3, -0.25) is 9.10 Å². The Balaban J connectivity index is 1.58. The van der Waals surface area contributed by atoms with Gasteiger partial charge in [0.1, 0.15) is 0 Å². The fourth-order valence-electron chi connectivity index (χ4n) is 2.54. The van der Waals surface area contributed by atoms with Gasteiger partial charge < -0.3 is 10.1 Å². The smallest absolute Gasteiger partial charge is 0.262 e. The lowest BCUT2D eigenvalue weighted by molar-refractivity contribution is -0.118. The lowest BCUT2D eigenvalue weighted by Crippen LogP contribution is -2.25. The highest BCUT2D eigenvalue weighted by atomic mass is 32.2. The number of nitrogens with one attached hydrogen (secondary N) is 1. The first kappa shape index (κ1) is 17.2. The summed E-state index contributed by atoms with van der Waals surface area (Å²) in [4.78, 5) is 11.9. The van der Waals surface area contributed by atoms with Crippen molar-refractivity contribution in [2.45, 2.75) is 6.42 Å². The second-order valence-corrected chi connectivity index (χ2v) is 7.57. The summed E-state index contributed by atoms with van der Waals surface area (Å²) in [6, 6.07) is 12.3. The lowest BCUT2D eigenvalue weighted by Gasteiger charge is -2.17. The van der Waals surface area contributed by atoms with Gasteiger partial charge in [0, 0.05) is 12.2 Å². The van der Waals surface area contributed by atoms with Crippen LogP contribution in [0.25, 0.3) is 0 Å². The van der Waals surface area contributed by atoms with E-state index in [1.54, 1.807) is 30.3 Å². The van der Waals surface area contributed by atoms with Gasteiger partial charge in [-0.2, -0.15) is 0 Å². The number of para-hydroxylation sites is 1. The number of ether oxygens (including phenoxy) is 1. The summed E-state index contributed by atoms with van der Waals surface area (Å²) in [5, 5.41) is 2.62. The molecule has 0 aromatic heterocycles. The highest BCUT2D eigenvalue weighted by Gasteiger charge is 2.28. The van der Waals surface area contributed by atoms with Crippen molar-refractivity contribution in [2.24, 2.45) is 0 Å². The maximum absolute atomic E-state index is 13.4. The predicted molar refractivity (Wildman–Crippen MR) is 92.7 cm³/mol. The Kier molecular flexibility index (Phi) is 4.89. The fraction of sp³-hybridized carbons (Fsp3) is 0.235. The van der Waals surface area contributed by atoms with Gasteiger partial charge in [0.25, 0.3) is 5.91 Å². The van der Waals surface area contributed by atoms with E-state index in [4.69, 9.17) is 4.74 Å². The third-order valence-corrected chi connectivity index (χ3v) is 5.60. The van der Waals surface area contributed by atoms with Crippen LogP contribution in [0.3, 0.4) is 0 Å². The largest absolute Gasteiger partial charge is 0.481 e. The molecule has 2 aromatic carbocycles. The van der Waals surface area contributed by atoms with Gasteiger partial charge in [0.05, 0.1) is 11.4 Å². The number of nitrogens with zero attached hydrogens (tertiary/aromatic N) is 1. The number of sulfonamides is 1. The molecule has 0 unspecified atom stereocenters. The van der Waals surface area contributed by atoms with E-state index >= 15 is 0 Å². The van der Waals surface area contributed by atoms with Crippen molar-refractivity contribution in [3.8, 4) is 5.75 Å². The molecule has 3 rings (SSSR count). The number of rotatable bonds is 5. The van der Waals surface area contributed by atoms with Crippen LogP contribution >= 0.6 is 0 Å². The molecule has 0 radical (unpaired) electrons. The molecule has 0 bridgehead atoms. The number of hydrogen-bond acceptors (Lipinski definition) is 4. The normalized spacial score (nSPS) is 15.8. The fourth-order valence-corrected chi connectivity index (χ4v) is 4.11. The number of carbonyl (C=O) groups excluding carboxylic acids is 1. The second-order valence-electron chi connectivity index (χ2n) is 5.56. The van der Waals surface area contributed by atoms with Crippen LogP contribution < -0.4 is 14.4 Å². The number of halogens is 1. The molecule has 1 amide bonds. The molecule has 1 fully saturated rings. The van der Waals surface area contributed by atoms with Gasteiger partial charge in [0.2, 0.25) is 10.0 Å². The molecule has 25 heavy (non-hydrogen) atoms. The third-order valence-electron chi connectivity index (χ3n) is 3.73. The topological polar surface area (TPSA) is 75.7 Å². The minimum atomic E-state index is -3.23. The molecule has 0 saturated carbocycles. The van der Waals surface area contributed by atoms with E-state index in [1.165, 1.54) is 22.5 Å². The molecule has 132 valence electrons. The predicted octanol–water partition coefficient (Wildman–Crippen LogP) is 2.38. The van der Waals surface area contributed by atoms with Gasteiger partial charge in [-0.1, -0.05) is 12.1 Å². The molecule has 1 heterocycles. The monoisotopic (exact) mass is 364 g/mol. The van der Waals surface area contributed by atoms with E-state index < -0.39 is 21.7 Å². The van der Waals surface area contributed by atoms with Crippen LogP contribution in [-0.4, -0.2) is 33.2 Å². The van der Waals surface area contributed by atoms with Crippen LogP contribution in [0.1, 0.15) is 6.42 Å². The summed E-state index contributed by atoms with van der Waals surface area (Å²) in [7, 11) is -3.23. The highest BCUT2D eigenvalue weighted by molar-refractivity contribution is 7.93. The van der Waals surface area contributed by atoms with Gasteiger partial charge in [0.15, 0.2) is 18.2 Å². The van der Waals surface area contributed by atoms with Gasteiger partial charge in [-0.15, -0.1) is 0 Å². The number of hydrogen-bond donors (Lipinski definition) is 1. The summed E-state index contributed by atoms with van der Waals surface area (Å²) in [5.41, 5.74) is 1.07. The van der Waals surface area contributed by atoms with Crippen molar-refractivity contribution < 1.29 is 22.3 Å². The van der Waals surface area contributed by atoms with Crippen molar-refractivity contribution in [1.82, 2.24) is 0 Å². The first-order valence-electron chi connectivity index (χ1n) is 7.73. The van der Waals surface area contributed by atoms with E-state index in [0.717, 1.165) is 0 Å². The zero-order valence-electron chi connectivity index (χ0n) is 13.3. The number of amides is 1. The molecule has 0 atom stereocenters. The summed E-state index contributed by atoms with van der Waals surface area (Å²) < 4.78 is 43.7. The third kappa shape index (κ3) is 4.08. The molecule has 8 heteroatoms. The van der Waals surface area contributed by atoms with Crippen LogP contribution in [0.5, 0.6) is 5.75 Å². The number of benzene rings is 2. The molecule has 1 N–H and O–H groups in total. The quantitative estimate of drug-likeness (QED) is 0.884. The first-order valence-corrected chi connectivity index (χ1v) is 9.34. The van der Waals surface area contributed by atoms with Gasteiger partial charge >= 0.3 is 0 Å². The maximum Gasteiger partial charge on any atom is 0.262 e. The summed E-state index contributed by atoms with van der Waals surface area (Å²) in [6.45, 7) is 0.133. The van der Waals surface area contributed by atoms with Crippen molar-refractivity contribution >= 4 is 27.3 Å². The van der Waals surface area contributed by atoms with Crippen molar-refractivity contribution in [1.29, 1.82) is 0 Å². The zero-order valence-corrected chi connectivity index (χ0v) is 14.1. The average Bonchev–Trinajstić information content (AvgIpc) is 2.94. The van der Waals surface area contributed by atoms with Crippen LogP contribution in [0, 0.1) is 5.82 Å². The van der Waals surface area contributed by atoms with E-state index in [2.05, 4.69) is 5.32 Å². The van der Waals surface area contributed by atoms with Crippen LogP contribution in [0.4, 0.5) is 15.8 Å². The molecule has 1 saturated heterocycles. The Morgan fingerprint density at radius 2 is 1.88 bits per heavy atom. The Hall–Kier alpha value is -2.61. The molecule has 1 aliphatic rings. The minimum absolute atomic E-state index is 0.00670. The Morgan fingerprint density at radius 3 is 2.52 bits per heavy atom. The van der Waals surface area contributed by atoms with E-state index in [9.17, 15) is 17.6 Å². The highest BCUT2D eigenvalue weighted by Crippen LogP contribution is 2.25. The Morgan fingerprint density at radius 1 is 1.16 bits per heavy atom. The Bertz CT molecular complexity index is 868. The van der Waals surface area contributed by atoms with Crippen LogP contribution in [0.15, 0.2) is 48.5 Å². The second kappa shape index (κ2) is 7.10. The molecule has 6 nitrogen and oxygen atoms in total.